The number of fused-ring (bicyclic) bond motifs is 7. The topological polar surface area (TPSA) is 65.0 Å². The minimum atomic E-state index is 0.592. The predicted octanol–water partition coefficient (Wildman–Crippen LogP) is 11.5. The van der Waals surface area contributed by atoms with Gasteiger partial charge < -0.3 is 8.83 Å². The number of nitrogens with zero attached hydrogens (tertiary/aromatic N) is 3. The number of rotatable bonds is 4. The van der Waals surface area contributed by atoms with E-state index < -0.39 is 0 Å². The van der Waals surface area contributed by atoms with Gasteiger partial charge in [0.2, 0.25) is 0 Å². The Kier molecular flexibility index (Phi) is 5.81. The van der Waals surface area contributed by atoms with E-state index in [1.807, 2.05) is 72.8 Å². The van der Waals surface area contributed by atoms with E-state index in [-0.39, 0.29) is 0 Å². The number of hydrogen-bond donors (Lipinski definition) is 0. The summed E-state index contributed by atoms with van der Waals surface area (Å²) < 4.78 is 12.6. The fourth-order valence-electron chi connectivity index (χ4n) is 6.77. The van der Waals surface area contributed by atoms with Gasteiger partial charge in [0.05, 0.1) is 0 Å². The van der Waals surface area contributed by atoms with Crippen LogP contribution >= 0.6 is 0 Å². The first-order chi connectivity index (χ1) is 23.7. The molecule has 10 aromatic rings. The Balaban J connectivity index is 1.17. The van der Waals surface area contributed by atoms with Crippen molar-refractivity contribution in [2.45, 2.75) is 0 Å². The van der Waals surface area contributed by atoms with Gasteiger partial charge >= 0.3 is 0 Å². The van der Waals surface area contributed by atoms with Gasteiger partial charge in [0.15, 0.2) is 17.5 Å². The molecule has 0 atom stereocenters. The van der Waals surface area contributed by atoms with E-state index in [2.05, 4.69) is 78.9 Å². The molecule has 224 valence electrons. The molecule has 10 rings (SSSR count). The molecule has 0 bridgehead atoms. The molecule has 5 heteroatoms. The highest BCUT2D eigenvalue weighted by Gasteiger charge is 2.19. The van der Waals surface area contributed by atoms with Crippen molar-refractivity contribution in [1.29, 1.82) is 0 Å². The van der Waals surface area contributed by atoms with Crippen molar-refractivity contribution in [3.63, 3.8) is 0 Å². The second kappa shape index (κ2) is 10.5. The van der Waals surface area contributed by atoms with E-state index in [1.54, 1.807) is 0 Å². The summed E-state index contributed by atoms with van der Waals surface area (Å²) in [4.78, 5) is 15.1. The largest absolute Gasteiger partial charge is 0.456 e. The van der Waals surface area contributed by atoms with Gasteiger partial charge in [0.1, 0.15) is 22.3 Å². The van der Waals surface area contributed by atoms with Crippen LogP contribution < -0.4 is 0 Å². The van der Waals surface area contributed by atoms with Crippen molar-refractivity contribution in [2.75, 3.05) is 0 Å². The Bertz CT molecular complexity index is 2850. The molecule has 0 fully saturated rings. The highest BCUT2D eigenvalue weighted by atomic mass is 16.3. The molecular weight excluding hydrogens is 590 g/mol. The van der Waals surface area contributed by atoms with Crippen LogP contribution in [0.4, 0.5) is 0 Å². The van der Waals surface area contributed by atoms with Crippen molar-refractivity contribution >= 4 is 54.6 Å². The van der Waals surface area contributed by atoms with Crippen molar-refractivity contribution in [1.82, 2.24) is 15.0 Å². The van der Waals surface area contributed by atoms with E-state index in [9.17, 15) is 0 Å². The number of hydrogen-bond acceptors (Lipinski definition) is 5. The molecule has 0 aliphatic heterocycles. The maximum Gasteiger partial charge on any atom is 0.164 e. The molecule has 0 saturated heterocycles. The zero-order valence-corrected chi connectivity index (χ0v) is 25.6. The van der Waals surface area contributed by atoms with E-state index in [4.69, 9.17) is 23.8 Å². The molecule has 0 amide bonds. The van der Waals surface area contributed by atoms with Gasteiger partial charge in [-0.3, -0.25) is 0 Å². The number of furan rings is 2. The highest BCUT2D eigenvalue weighted by molar-refractivity contribution is 6.13. The van der Waals surface area contributed by atoms with Crippen LogP contribution in [0.5, 0.6) is 0 Å². The normalized spacial score (nSPS) is 11.8. The van der Waals surface area contributed by atoms with Crippen LogP contribution in [-0.4, -0.2) is 15.0 Å². The number of benzene rings is 7. The third-order valence-corrected chi connectivity index (χ3v) is 9.12. The third kappa shape index (κ3) is 4.29. The van der Waals surface area contributed by atoms with Crippen LogP contribution in [0.25, 0.3) is 99.9 Å². The van der Waals surface area contributed by atoms with E-state index in [0.29, 0.717) is 17.5 Å². The fraction of sp³-hybridized carbons (Fsp3) is 0. The predicted molar refractivity (Wildman–Crippen MR) is 194 cm³/mol. The summed E-state index contributed by atoms with van der Waals surface area (Å²) in [5.41, 5.74) is 8.22. The zero-order chi connectivity index (χ0) is 31.6. The summed E-state index contributed by atoms with van der Waals surface area (Å²) in [6.45, 7) is 0. The summed E-state index contributed by atoms with van der Waals surface area (Å²) in [5.74, 6) is 1.83. The zero-order valence-electron chi connectivity index (χ0n) is 25.6. The lowest BCUT2D eigenvalue weighted by atomic mass is 9.99. The lowest BCUT2D eigenvalue weighted by Crippen LogP contribution is -2.00. The second-order valence-corrected chi connectivity index (χ2v) is 12.0. The Morgan fingerprint density at radius 3 is 1.90 bits per heavy atom. The molecule has 3 heterocycles. The Labute approximate surface area is 274 Å². The minimum absolute atomic E-state index is 0.592. The molecule has 0 saturated carbocycles. The molecule has 0 unspecified atom stereocenters. The van der Waals surface area contributed by atoms with Gasteiger partial charge in [-0.05, 0) is 64.4 Å². The van der Waals surface area contributed by atoms with E-state index in [1.165, 1.54) is 5.39 Å². The fourth-order valence-corrected chi connectivity index (χ4v) is 6.77. The Hall–Kier alpha value is -6.59. The van der Waals surface area contributed by atoms with Crippen LogP contribution in [-0.2, 0) is 0 Å². The molecule has 48 heavy (non-hydrogen) atoms. The van der Waals surface area contributed by atoms with Gasteiger partial charge in [-0.2, -0.15) is 0 Å². The summed E-state index contributed by atoms with van der Waals surface area (Å²) in [6, 6.07) is 51.7. The standard InChI is InChI=1S/C43H25N3O2/c1-2-10-27(11-3-1)41-44-42(31-18-17-26-9-4-5-12-28(26)23-31)46-43(45-41)34-14-8-16-38-40(34)35-24-29(20-22-37(35)47-38)30-19-21-33-32-13-6-7-15-36(32)48-39(33)25-30/h1-25H. The van der Waals surface area contributed by atoms with Gasteiger partial charge in [-0.15, -0.1) is 0 Å². The molecule has 0 radical (unpaired) electrons. The first-order valence-corrected chi connectivity index (χ1v) is 15.9. The van der Waals surface area contributed by atoms with Crippen LogP contribution in [0, 0.1) is 0 Å². The smallest absolute Gasteiger partial charge is 0.164 e. The van der Waals surface area contributed by atoms with Gasteiger partial charge in [-0.1, -0.05) is 109 Å². The summed E-state index contributed by atoms with van der Waals surface area (Å²) in [6.07, 6.45) is 0. The second-order valence-electron chi connectivity index (χ2n) is 12.0. The van der Waals surface area contributed by atoms with Crippen LogP contribution in [0.3, 0.4) is 0 Å². The molecule has 0 aliphatic carbocycles. The lowest BCUT2D eigenvalue weighted by Gasteiger charge is -2.10. The lowest BCUT2D eigenvalue weighted by molar-refractivity contribution is 0.669. The van der Waals surface area contributed by atoms with Gasteiger partial charge in [0, 0.05) is 38.2 Å². The van der Waals surface area contributed by atoms with Crippen molar-refractivity contribution in [3.05, 3.63) is 152 Å². The van der Waals surface area contributed by atoms with E-state index >= 15 is 0 Å². The quantitative estimate of drug-likeness (QED) is 0.197. The van der Waals surface area contributed by atoms with Crippen molar-refractivity contribution < 1.29 is 8.83 Å². The molecule has 5 nitrogen and oxygen atoms in total. The minimum Gasteiger partial charge on any atom is -0.456 e. The first kappa shape index (κ1) is 26.6. The summed E-state index contributed by atoms with van der Waals surface area (Å²) in [7, 11) is 0. The molecular formula is C43H25N3O2. The monoisotopic (exact) mass is 615 g/mol. The highest BCUT2D eigenvalue weighted by Crippen LogP contribution is 2.39. The van der Waals surface area contributed by atoms with Gasteiger partial charge in [0.25, 0.3) is 0 Å². The van der Waals surface area contributed by atoms with Gasteiger partial charge in [-0.25, -0.2) is 15.0 Å². The molecule has 0 spiro atoms. The Morgan fingerprint density at radius 2 is 0.979 bits per heavy atom. The maximum atomic E-state index is 6.40. The average Bonchev–Trinajstić information content (AvgIpc) is 3.72. The summed E-state index contributed by atoms with van der Waals surface area (Å²) in [5, 5.41) is 6.50. The molecule has 0 N–H and O–H groups in total. The molecule has 0 aliphatic rings. The summed E-state index contributed by atoms with van der Waals surface area (Å²) >= 11 is 0. The SMILES string of the molecule is c1ccc(-c2nc(-c3ccc4ccccc4c3)nc(-c3cccc4oc5ccc(-c6ccc7c(c6)oc6ccccc67)cc5c34)n2)cc1. The average molecular weight is 616 g/mol. The number of para-hydroxylation sites is 1. The first-order valence-electron chi connectivity index (χ1n) is 15.9. The Morgan fingerprint density at radius 1 is 0.333 bits per heavy atom. The van der Waals surface area contributed by atoms with Crippen LogP contribution in [0.15, 0.2) is 160 Å². The molecule has 7 aromatic carbocycles. The maximum absolute atomic E-state index is 6.40. The molecule has 3 aromatic heterocycles. The third-order valence-electron chi connectivity index (χ3n) is 9.12. The van der Waals surface area contributed by atoms with Crippen molar-refractivity contribution in [3.8, 4) is 45.3 Å². The number of aromatic nitrogens is 3. The van der Waals surface area contributed by atoms with Crippen molar-refractivity contribution in [2.24, 2.45) is 0 Å². The van der Waals surface area contributed by atoms with E-state index in [0.717, 1.165) is 77.1 Å². The van der Waals surface area contributed by atoms with Crippen LogP contribution in [0.2, 0.25) is 0 Å². The van der Waals surface area contributed by atoms with Crippen LogP contribution in [0.1, 0.15) is 0 Å².